The Labute approximate surface area is 151 Å². The van der Waals surface area contributed by atoms with Crippen molar-refractivity contribution in [2.75, 3.05) is 25.5 Å². The molecule has 0 aliphatic carbocycles. The van der Waals surface area contributed by atoms with E-state index in [0.717, 1.165) is 6.42 Å². The zero-order valence-corrected chi connectivity index (χ0v) is 15.0. The molecule has 1 heterocycles. The standard InChI is InChI=1S/C18H24F2N2O4/c1-3-4-16(23)22-9-7-12(8-10-22)17(24)21-13-5-6-14(25-2)15(11-13)26-18(19)20/h5-6,11-12,18H,3-4,7-10H2,1-2H3,(H,21,24). The lowest BCUT2D eigenvalue weighted by Gasteiger charge is -2.31. The highest BCUT2D eigenvalue weighted by Crippen LogP contribution is 2.32. The fraction of sp³-hybridized carbons (Fsp3) is 0.556. The van der Waals surface area contributed by atoms with E-state index in [2.05, 4.69) is 10.1 Å². The number of hydrogen-bond donors (Lipinski definition) is 1. The van der Waals surface area contributed by atoms with E-state index in [-0.39, 0.29) is 29.2 Å². The lowest BCUT2D eigenvalue weighted by atomic mass is 9.95. The van der Waals surface area contributed by atoms with E-state index < -0.39 is 6.61 Å². The van der Waals surface area contributed by atoms with Gasteiger partial charge < -0.3 is 19.7 Å². The normalized spacial score (nSPS) is 15.0. The van der Waals surface area contributed by atoms with Crippen LogP contribution in [0.4, 0.5) is 14.5 Å². The van der Waals surface area contributed by atoms with Gasteiger partial charge in [-0.3, -0.25) is 9.59 Å². The van der Waals surface area contributed by atoms with Crippen LogP contribution in [0.3, 0.4) is 0 Å². The summed E-state index contributed by atoms with van der Waals surface area (Å²) in [5, 5.41) is 2.72. The van der Waals surface area contributed by atoms with Crippen LogP contribution in [0.15, 0.2) is 18.2 Å². The highest BCUT2D eigenvalue weighted by Gasteiger charge is 2.27. The first-order chi connectivity index (χ1) is 12.4. The van der Waals surface area contributed by atoms with Crippen LogP contribution >= 0.6 is 0 Å². The monoisotopic (exact) mass is 370 g/mol. The average Bonchev–Trinajstić information content (AvgIpc) is 2.62. The quantitative estimate of drug-likeness (QED) is 0.800. The number of alkyl halides is 2. The second-order valence-electron chi connectivity index (χ2n) is 6.14. The number of ether oxygens (including phenoxy) is 2. The number of piperidine rings is 1. The van der Waals surface area contributed by atoms with Crippen molar-refractivity contribution in [3.8, 4) is 11.5 Å². The van der Waals surface area contributed by atoms with E-state index in [1.54, 1.807) is 11.0 Å². The minimum atomic E-state index is -2.99. The van der Waals surface area contributed by atoms with Crippen LogP contribution in [0.1, 0.15) is 32.6 Å². The molecule has 0 unspecified atom stereocenters. The van der Waals surface area contributed by atoms with Gasteiger partial charge in [0.1, 0.15) is 0 Å². The van der Waals surface area contributed by atoms with Crippen LogP contribution in [0.25, 0.3) is 0 Å². The predicted molar refractivity (Wildman–Crippen MR) is 92.5 cm³/mol. The molecule has 1 fully saturated rings. The van der Waals surface area contributed by atoms with Gasteiger partial charge >= 0.3 is 6.61 Å². The van der Waals surface area contributed by atoms with Gasteiger partial charge in [0.05, 0.1) is 7.11 Å². The van der Waals surface area contributed by atoms with E-state index in [1.165, 1.54) is 19.2 Å². The number of anilines is 1. The fourth-order valence-corrected chi connectivity index (χ4v) is 2.95. The lowest BCUT2D eigenvalue weighted by Crippen LogP contribution is -2.41. The van der Waals surface area contributed by atoms with Gasteiger partial charge in [-0.25, -0.2) is 0 Å². The Balaban J connectivity index is 1.95. The molecule has 1 aromatic carbocycles. The van der Waals surface area contributed by atoms with E-state index in [9.17, 15) is 18.4 Å². The van der Waals surface area contributed by atoms with E-state index in [4.69, 9.17) is 4.74 Å². The van der Waals surface area contributed by atoms with Gasteiger partial charge in [0, 0.05) is 37.2 Å². The Bertz CT molecular complexity index is 632. The van der Waals surface area contributed by atoms with Crippen LogP contribution in [0, 0.1) is 5.92 Å². The molecule has 8 heteroatoms. The van der Waals surface area contributed by atoms with Gasteiger partial charge in [0.15, 0.2) is 11.5 Å². The first-order valence-electron chi connectivity index (χ1n) is 8.66. The molecule has 1 saturated heterocycles. The fourth-order valence-electron chi connectivity index (χ4n) is 2.95. The molecule has 2 amide bonds. The maximum absolute atomic E-state index is 12.5. The van der Waals surface area contributed by atoms with E-state index >= 15 is 0 Å². The molecule has 1 aromatic rings. The molecule has 26 heavy (non-hydrogen) atoms. The van der Waals surface area contributed by atoms with Gasteiger partial charge in [-0.15, -0.1) is 0 Å². The third kappa shape index (κ3) is 5.31. The van der Waals surface area contributed by atoms with Crippen LogP contribution < -0.4 is 14.8 Å². The van der Waals surface area contributed by atoms with E-state index in [0.29, 0.717) is 38.0 Å². The number of nitrogens with one attached hydrogen (secondary N) is 1. The first-order valence-corrected chi connectivity index (χ1v) is 8.66. The number of likely N-dealkylation sites (tertiary alicyclic amines) is 1. The highest BCUT2D eigenvalue weighted by molar-refractivity contribution is 5.93. The van der Waals surface area contributed by atoms with Crippen LogP contribution in [0.2, 0.25) is 0 Å². The second-order valence-corrected chi connectivity index (χ2v) is 6.14. The maximum atomic E-state index is 12.5. The largest absolute Gasteiger partial charge is 0.493 e. The molecular formula is C18H24F2N2O4. The number of carbonyl (C=O) groups excluding carboxylic acids is 2. The number of rotatable bonds is 7. The van der Waals surface area contributed by atoms with Crippen molar-refractivity contribution < 1.29 is 27.8 Å². The summed E-state index contributed by atoms with van der Waals surface area (Å²) in [5.41, 5.74) is 0.357. The molecule has 1 aliphatic rings. The van der Waals surface area contributed by atoms with Gasteiger partial charge in [0.25, 0.3) is 0 Å². The van der Waals surface area contributed by atoms with Gasteiger partial charge in [-0.1, -0.05) is 6.92 Å². The molecule has 144 valence electrons. The Morgan fingerprint density at radius 1 is 1.27 bits per heavy atom. The number of benzene rings is 1. The number of amides is 2. The SMILES string of the molecule is CCCC(=O)N1CCC(C(=O)Nc2ccc(OC)c(OC(F)F)c2)CC1. The van der Waals surface area contributed by atoms with Gasteiger partial charge in [-0.2, -0.15) is 8.78 Å². The summed E-state index contributed by atoms with van der Waals surface area (Å²) in [7, 11) is 1.35. The molecule has 0 radical (unpaired) electrons. The maximum Gasteiger partial charge on any atom is 0.387 e. The Morgan fingerprint density at radius 2 is 1.96 bits per heavy atom. The summed E-state index contributed by atoms with van der Waals surface area (Å²) in [4.78, 5) is 26.1. The molecule has 1 aliphatic heterocycles. The summed E-state index contributed by atoms with van der Waals surface area (Å²) in [5.74, 6) is -0.273. The smallest absolute Gasteiger partial charge is 0.387 e. The number of nitrogens with zero attached hydrogens (tertiary/aromatic N) is 1. The number of carbonyl (C=O) groups is 2. The van der Waals surface area contributed by atoms with Crippen molar-refractivity contribution >= 4 is 17.5 Å². The van der Waals surface area contributed by atoms with Crippen molar-refractivity contribution in [3.05, 3.63) is 18.2 Å². The van der Waals surface area contributed by atoms with Crippen LogP contribution in [0.5, 0.6) is 11.5 Å². The molecule has 1 N–H and O–H groups in total. The third-order valence-electron chi connectivity index (χ3n) is 4.33. The average molecular weight is 370 g/mol. The van der Waals surface area contributed by atoms with Crippen LogP contribution in [-0.2, 0) is 9.59 Å². The Morgan fingerprint density at radius 3 is 2.54 bits per heavy atom. The molecule has 0 spiro atoms. The summed E-state index contributed by atoms with van der Waals surface area (Å²) in [6, 6.07) is 4.33. The molecule has 6 nitrogen and oxygen atoms in total. The van der Waals surface area contributed by atoms with Crippen molar-refractivity contribution in [2.24, 2.45) is 5.92 Å². The topological polar surface area (TPSA) is 67.9 Å². The van der Waals surface area contributed by atoms with Gasteiger partial charge in [0.2, 0.25) is 11.8 Å². The molecular weight excluding hydrogens is 346 g/mol. The summed E-state index contributed by atoms with van der Waals surface area (Å²) < 4.78 is 34.3. The van der Waals surface area contributed by atoms with Crippen molar-refractivity contribution in [1.82, 2.24) is 4.90 Å². The lowest BCUT2D eigenvalue weighted by molar-refractivity contribution is -0.134. The summed E-state index contributed by atoms with van der Waals surface area (Å²) in [6.45, 7) is 0.0807. The zero-order valence-electron chi connectivity index (χ0n) is 15.0. The zero-order chi connectivity index (χ0) is 19.1. The molecule has 0 bridgehead atoms. The van der Waals surface area contributed by atoms with Crippen molar-refractivity contribution in [1.29, 1.82) is 0 Å². The highest BCUT2D eigenvalue weighted by atomic mass is 19.3. The van der Waals surface area contributed by atoms with Crippen molar-refractivity contribution in [2.45, 2.75) is 39.2 Å². The molecule has 0 atom stereocenters. The molecule has 0 aromatic heterocycles. The van der Waals surface area contributed by atoms with Crippen molar-refractivity contribution in [3.63, 3.8) is 0 Å². The first kappa shape index (κ1) is 19.9. The summed E-state index contributed by atoms with van der Waals surface area (Å²) >= 11 is 0. The number of hydrogen-bond acceptors (Lipinski definition) is 4. The number of halogens is 2. The second kappa shape index (κ2) is 9.35. The minimum Gasteiger partial charge on any atom is -0.493 e. The van der Waals surface area contributed by atoms with E-state index in [1.807, 2.05) is 6.92 Å². The van der Waals surface area contributed by atoms with Gasteiger partial charge in [-0.05, 0) is 31.4 Å². The molecule has 2 rings (SSSR count). The summed E-state index contributed by atoms with van der Waals surface area (Å²) in [6.07, 6.45) is 2.49. The molecule has 0 saturated carbocycles. The Kier molecular flexibility index (Phi) is 7.17. The predicted octanol–water partition coefficient (Wildman–Crippen LogP) is 3.27. The third-order valence-corrected chi connectivity index (χ3v) is 4.33. The van der Waals surface area contributed by atoms with Crippen LogP contribution in [-0.4, -0.2) is 43.5 Å². The number of methoxy groups -OCH3 is 1. The Hall–Kier alpha value is -2.38. The minimum absolute atomic E-state index is 0.121.